The smallest absolute Gasteiger partial charge is 0.274 e. The van der Waals surface area contributed by atoms with Crippen LogP contribution in [0, 0.1) is 13.8 Å². The fourth-order valence-electron chi connectivity index (χ4n) is 2.13. The Hall–Kier alpha value is -2.34. The number of nitrogens with one attached hydrogen (secondary N) is 1. The summed E-state index contributed by atoms with van der Waals surface area (Å²) in [6, 6.07) is 13.7. The SMILES string of the molecule is CC(=O)NN(c1ccccc1C)S(=O)(=O)c1ccccc1C. The van der Waals surface area contributed by atoms with E-state index in [0.717, 1.165) is 9.98 Å². The molecule has 0 saturated heterocycles. The Morgan fingerprint density at radius 2 is 1.50 bits per heavy atom. The van der Waals surface area contributed by atoms with Gasteiger partial charge >= 0.3 is 0 Å². The van der Waals surface area contributed by atoms with Crippen LogP contribution in [0.3, 0.4) is 0 Å². The third-order valence-corrected chi connectivity index (χ3v) is 4.99. The molecule has 0 aliphatic carbocycles. The van der Waals surface area contributed by atoms with E-state index in [1.54, 1.807) is 50.2 Å². The van der Waals surface area contributed by atoms with Crippen molar-refractivity contribution >= 4 is 21.6 Å². The van der Waals surface area contributed by atoms with Crippen molar-refractivity contribution in [3.05, 3.63) is 59.7 Å². The minimum absolute atomic E-state index is 0.159. The van der Waals surface area contributed by atoms with Crippen LogP contribution < -0.4 is 9.84 Å². The van der Waals surface area contributed by atoms with Crippen LogP contribution in [0.15, 0.2) is 53.4 Å². The second-order valence-electron chi connectivity index (χ2n) is 4.99. The lowest BCUT2D eigenvalue weighted by Gasteiger charge is -2.26. The van der Waals surface area contributed by atoms with Crippen LogP contribution in [0.1, 0.15) is 18.1 Å². The first-order valence-corrected chi connectivity index (χ1v) is 8.22. The van der Waals surface area contributed by atoms with Gasteiger partial charge in [-0.3, -0.25) is 10.2 Å². The minimum atomic E-state index is -3.90. The number of aryl methyl sites for hydroxylation is 2. The van der Waals surface area contributed by atoms with Crippen LogP contribution in [-0.2, 0) is 14.8 Å². The van der Waals surface area contributed by atoms with Gasteiger partial charge in [-0.25, -0.2) is 0 Å². The third kappa shape index (κ3) is 3.12. The van der Waals surface area contributed by atoms with E-state index in [9.17, 15) is 13.2 Å². The number of para-hydroxylation sites is 1. The summed E-state index contributed by atoms with van der Waals surface area (Å²) in [4.78, 5) is 11.6. The van der Waals surface area contributed by atoms with Crippen molar-refractivity contribution in [1.82, 2.24) is 5.43 Å². The van der Waals surface area contributed by atoms with Gasteiger partial charge in [-0.2, -0.15) is 12.8 Å². The fourth-order valence-corrected chi connectivity index (χ4v) is 3.76. The quantitative estimate of drug-likeness (QED) is 0.881. The molecule has 2 aromatic carbocycles. The molecule has 1 amide bonds. The van der Waals surface area contributed by atoms with Gasteiger partial charge in [0.15, 0.2) is 0 Å². The lowest BCUT2D eigenvalue weighted by molar-refractivity contribution is -0.118. The average Bonchev–Trinajstić information content (AvgIpc) is 2.45. The molecule has 0 bridgehead atoms. The van der Waals surface area contributed by atoms with Gasteiger partial charge < -0.3 is 0 Å². The number of nitrogens with zero attached hydrogens (tertiary/aromatic N) is 1. The Morgan fingerprint density at radius 1 is 0.955 bits per heavy atom. The number of hydrazine groups is 1. The molecule has 0 aromatic heterocycles. The van der Waals surface area contributed by atoms with Crippen LogP contribution in [0.2, 0.25) is 0 Å². The normalized spacial score (nSPS) is 11.0. The zero-order valence-electron chi connectivity index (χ0n) is 12.7. The highest BCUT2D eigenvalue weighted by molar-refractivity contribution is 7.92. The van der Waals surface area contributed by atoms with Crippen molar-refractivity contribution in [2.45, 2.75) is 25.7 Å². The van der Waals surface area contributed by atoms with E-state index in [4.69, 9.17) is 0 Å². The molecule has 0 unspecified atom stereocenters. The molecule has 0 aliphatic heterocycles. The van der Waals surface area contributed by atoms with Gasteiger partial charge in [0.2, 0.25) is 5.91 Å². The lowest BCUT2D eigenvalue weighted by atomic mass is 10.2. The van der Waals surface area contributed by atoms with Crippen molar-refractivity contribution in [2.75, 3.05) is 4.41 Å². The number of anilines is 1. The summed E-state index contributed by atoms with van der Waals surface area (Å²) in [6.45, 7) is 4.78. The molecule has 1 N–H and O–H groups in total. The fraction of sp³-hybridized carbons (Fsp3) is 0.188. The van der Waals surface area contributed by atoms with Gasteiger partial charge in [-0.15, -0.1) is 0 Å². The predicted molar refractivity (Wildman–Crippen MR) is 85.8 cm³/mol. The molecule has 0 radical (unpaired) electrons. The van der Waals surface area contributed by atoms with Crippen molar-refractivity contribution in [3.8, 4) is 0 Å². The van der Waals surface area contributed by atoms with Crippen LogP contribution in [-0.4, -0.2) is 14.3 Å². The van der Waals surface area contributed by atoms with Gasteiger partial charge in [0.1, 0.15) is 0 Å². The molecule has 2 aromatic rings. The summed E-state index contributed by atoms with van der Waals surface area (Å²) in [5.74, 6) is -0.458. The number of sulfonamides is 1. The molecule has 0 atom stereocenters. The van der Waals surface area contributed by atoms with Crippen molar-refractivity contribution in [1.29, 1.82) is 0 Å². The molecule has 116 valence electrons. The van der Waals surface area contributed by atoms with E-state index in [2.05, 4.69) is 5.43 Å². The van der Waals surface area contributed by atoms with Crippen LogP contribution in [0.5, 0.6) is 0 Å². The van der Waals surface area contributed by atoms with Crippen molar-refractivity contribution in [3.63, 3.8) is 0 Å². The Bertz CT molecular complexity index is 801. The monoisotopic (exact) mass is 318 g/mol. The van der Waals surface area contributed by atoms with Crippen molar-refractivity contribution < 1.29 is 13.2 Å². The molecule has 6 heteroatoms. The maximum absolute atomic E-state index is 13.0. The van der Waals surface area contributed by atoms with Crippen molar-refractivity contribution in [2.24, 2.45) is 0 Å². The zero-order valence-corrected chi connectivity index (χ0v) is 13.5. The Balaban J connectivity index is 2.62. The minimum Gasteiger partial charge on any atom is -0.274 e. The first-order chi connectivity index (χ1) is 10.3. The number of benzene rings is 2. The standard InChI is InChI=1S/C16H18N2O3S/c1-12-8-4-6-10-15(12)18(17-14(3)19)22(20,21)16-11-7-5-9-13(16)2/h4-11H,1-3H3,(H,17,19). The van der Waals surface area contributed by atoms with E-state index in [1.807, 2.05) is 6.07 Å². The first-order valence-electron chi connectivity index (χ1n) is 6.78. The number of hydrogen-bond donors (Lipinski definition) is 1. The third-order valence-electron chi connectivity index (χ3n) is 3.21. The van der Waals surface area contributed by atoms with E-state index >= 15 is 0 Å². The number of carbonyl (C=O) groups is 1. The summed E-state index contributed by atoms with van der Waals surface area (Å²) in [7, 11) is -3.90. The summed E-state index contributed by atoms with van der Waals surface area (Å²) >= 11 is 0. The first kappa shape index (κ1) is 16.0. The summed E-state index contributed by atoms with van der Waals surface area (Å²) in [6.07, 6.45) is 0. The molecular formula is C16H18N2O3S. The van der Waals surface area contributed by atoms with E-state index in [0.29, 0.717) is 11.3 Å². The number of rotatable bonds is 4. The van der Waals surface area contributed by atoms with E-state index in [1.165, 1.54) is 13.0 Å². The highest BCUT2D eigenvalue weighted by Crippen LogP contribution is 2.26. The second kappa shape index (κ2) is 6.19. The molecule has 0 fully saturated rings. The number of hydrogen-bond acceptors (Lipinski definition) is 3. The molecule has 5 nitrogen and oxygen atoms in total. The van der Waals surface area contributed by atoms with Gasteiger partial charge in [0, 0.05) is 6.92 Å². The van der Waals surface area contributed by atoms with Crippen LogP contribution in [0.25, 0.3) is 0 Å². The highest BCUT2D eigenvalue weighted by Gasteiger charge is 2.28. The molecule has 0 aliphatic rings. The van der Waals surface area contributed by atoms with Gasteiger partial charge in [0.25, 0.3) is 10.0 Å². The van der Waals surface area contributed by atoms with E-state index < -0.39 is 15.9 Å². The van der Waals surface area contributed by atoms with Gasteiger partial charge in [-0.1, -0.05) is 36.4 Å². The van der Waals surface area contributed by atoms with Gasteiger partial charge in [-0.05, 0) is 37.1 Å². The summed E-state index contributed by atoms with van der Waals surface area (Å²) < 4.78 is 26.8. The largest absolute Gasteiger partial charge is 0.282 e. The Kier molecular flexibility index (Phi) is 4.51. The predicted octanol–water partition coefficient (Wildman–Crippen LogP) is 2.55. The molecule has 0 heterocycles. The molecular weight excluding hydrogens is 300 g/mol. The topological polar surface area (TPSA) is 66.5 Å². The molecule has 22 heavy (non-hydrogen) atoms. The maximum Gasteiger partial charge on any atom is 0.282 e. The number of carbonyl (C=O) groups excluding carboxylic acids is 1. The number of amides is 1. The summed E-state index contributed by atoms with van der Waals surface area (Å²) in [5, 5.41) is 0. The Labute approximate surface area is 130 Å². The average molecular weight is 318 g/mol. The second-order valence-corrected chi connectivity index (χ2v) is 6.74. The summed E-state index contributed by atoms with van der Waals surface area (Å²) in [5.41, 5.74) is 4.19. The zero-order chi connectivity index (χ0) is 16.3. The molecule has 2 rings (SSSR count). The van der Waals surface area contributed by atoms with E-state index in [-0.39, 0.29) is 4.90 Å². The van der Waals surface area contributed by atoms with Crippen LogP contribution in [0.4, 0.5) is 5.69 Å². The lowest BCUT2D eigenvalue weighted by Crippen LogP contribution is -2.46. The molecule has 0 saturated carbocycles. The van der Waals surface area contributed by atoms with Gasteiger partial charge in [0.05, 0.1) is 10.6 Å². The maximum atomic E-state index is 13.0. The molecule has 0 spiro atoms. The Morgan fingerprint density at radius 3 is 2.05 bits per heavy atom. The highest BCUT2D eigenvalue weighted by atomic mass is 32.2. The van der Waals surface area contributed by atoms with Crippen LogP contribution >= 0.6 is 0 Å².